The van der Waals surface area contributed by atoms with Crippen LogP contribution < -0.4 is 10.6 Å². The van der Waals surface area contributed by atoms with Gasteiger partial charge in [-0.05, 0) is 49.9 Å². The van der Waals surface area contributed by atoms with E-state index < -0.39 is 11.6 Å². The summed E-state index contributed by atoms with van der Waals surface area (Å²) >= 11 is 0. The highest BCUT2D eigenvalue weighted by Crippen LogP contribution is 2.42. The Labute approximate surface area is 166 Å². The fourth-order valence-electron chi connectivity index (χ4n) is 3.76. The van der Waals surface area contributed by atoms with E-state index in [1.54, 1.807) is 6.92 Å². The molecule has 4 amide bonds. The van der Waals surface area contributed by atoms with Crippen molar-refractivity contribution in [2.45, 2.75) is 52.2 Å². The zero-order valence-corrected chi connectivity index (χ0v) is 17.0. The maximum Gasteiger partial charge on any atom is 0.325 e. The van der Waals surface area contributed by atoms with Crippen molar-refractivity contribution in [3.8, 4) is 0 Å². The fraction of sp³-hybridized carbons (Fsp3) is 0.571. The minimum Gasteiger partial charge on any atom is -0.350 e. The Bertz CT molecular complexity index is 758. The Morgan fingerprint density at radius 2 is 1.86 bits per heavy atom. The fourth-order valence-corrected chi connectivity index (χ4v) is 3.76. The molecule has 1 aliphatic heterocycles. The third-order valence-electron chi connectivity index (χ3n) is 5.88. The van der Waals surface area contributed by atoms with Crippen LogP contribution in [0.4, 0.5) is 4.79 Å². The highest BCUT2D eigenvalue weighted by atomic mass is 16.2. The van der Waals surface area contributed by atoms with E-state index in [9.17, 15) is 14.4 Å². The predicted octanol–water partition coefficient (Wildman–Crippen LogP) is 1.87. The van der Waals surface area contributed by atoms with E-state index in [1.165, 1.54) is 5.56 Å². The van der Waals surface area contributed by atoms with Crippen molar-refractivity contribution in [1.82, 2.24) is 20.4 Å². The zero-order chi connectivity index (χ0) is 20.3. The van der Waals surface area contributed by atoms with Gasteiger partial charge >= 0.3 is 6.03 Å². The summed E-state index contributed by atoms with van der Waals surface area (Å²) in [5.74, 6) is -0.442. The molecule has 2 N–H and O–H groups in total. The third-order valence-corrected chi connectivity index (χ3v) is 5.88. The van der Waals surface area contributed by atoms with Gasteiger partial charge in [-0.1, -0.05) is 38.1 Å². The van der Waals surface area contributed by atoms with Crippen molar-refractivity contribution in [3.05, 3.63) is 35.4 Å². The minimum atomic E-state index is -0.853. The van der Waals surface area contributed by atoms with Gasteiger partial charge in [-0.25, -0.2) is 4.79 Å². The number of rotatable bonds is 9. The van der Waals surface area contributed by atoms with Gasteiger partial charge in [-0.15, -0.1) is 0 Å². The number of benzene rings is 1. The van der Waals surface area contributed by atoms with Crippen molar-refractivity contribution < 1.29 is 14.4 Å². The van der Waals surface area contributed by atoms with Crippen LogP contribution >= 0.6 is 0 Å². The van der Waals surface area contributed by atoms with E-state index in [1.807, 2.05) is 18.2 Å². The van der Waals surface area contributed by atoms with Crippen LogP contribution in [0.2, 0.25) is 0 Å². The third kappa shape index (κ3) is 4.19. The Kier molecular flexibility index (Phi) is 6.03. The molecule has 7 heteroatoms. The van der Waals surface area contributed by atoms with Crippen LogP contribution in [-0.2, 0) is 22.7 Å². The zero-order valence-electron chi connectivity index (χ0n) is 17.0. The van der Waals surface area contributed by atoms with E-state index >= 15 is 0 Å². The molecule has 152 valence electrons. The molecule has 2 aliphatic rings. The van der Waals surface area contributed by atoms with Crippen molar-refractivity contribution in [2.24, 2.45) is 5.92 Å². The summed E-state index contributed by atoms with van der Waals surface area (Å²) in [6.45, 7) is 8.89. The molecule has 0 spiro atoms. The molecule has 7 nitrogen and oxygen atoms in total. The van der Waals surface area contributed by atoms with Crippen LogP contribution in [0, 0.1) is 5.92 Å². The molecular formula is C21H30N4O3. The summed E-state index contributed by atoms with van der Waals surface area (Å²) in [7, 11) is 0. The predicted molar refractivity (Wildman–Crippen MR) is 106 cm³/mol. The van der Waals surface area contributed by atoms with Crippen LogP contribution in [0.5, 0.6) is 0 Å². The lowest BCUT2D eigenvalue weighted by molar-refractivity contribution is -0.135. The maximum absolute atomic E-state index is 12.6. The normalized spacial score (nSPS) is 21.9. The van der Waals surface area contributed by atoms with Crippen LogP contribution in [0.1, 0.15) is 44.7 Å². The van der Waals surface area contributed by atoms with Gasteiger partial charge in [0.15, 0.2) is 0 Å². The molecule has 0 bridgehead atoms. The minimum absolute atomic E-state index is 0.184. The highest BCUT2D eigenvalue weighted by Gasteiger charge is 2.56. The second-order valence-corrected chi connectivity index (χ2v) is 7.80. The molecule has 1 aromatic rings. The molecule has 1 saturated carbocycles. The second kappa shape index (κ2) is 8.31. The largest absolute Gasteiger partial charge is 0.350 e. The summed E-state index contributed by atoms with van der Waals surface area (Å²) in [4.78, 5) is 40.6. The average molecular weight is 386 g/mol. The number of carbonyl (C=O) groups is 3. The number of hydrogen-bond donors (Lipinski definition) is 2. The molecule has 2 fully saturated rings. The van der Waals surface area contributed by atoms with Crippen LogP contribution in [0.15, 0.2) is 24.3 Å². The molecule has 3 rings (SSSR count). The molecule has 0 radical (unpaired) electrons. The summed E-state index contributed by atoms with van der Waals surface area (Å²) in [5, 5.41) is 5.62. The number of nitrogens with one attached hydrogen (secondary N) is 2. The van der Waals surface area contributed by atoms with Gasteiger partial charge in [0.2, 0.25) is 5.91 Å². The summed E-state index contributed by atoms with van der Waals surface area (Å²) in [5.41, 5.74) is 1.36. The average Bonchev–Trinajstić information content (AvgIpc) is 3.51. The Morgan fingerprint density at radius 3 is 2.46 bits per heavy atom. The van der Waals surface area contributed by atoms with E-state index in [2.05, 4.69) is 35.4 Å². The molecule has 0 aromatic heterocycles. The smallest absolute Gasteiger partial charge is 0.325 e. The topological polar surface area (TPSA) is 81.8 Å². The van der Waals surface area contributed by atoms with Gasteiger partial charge in [0.25, 0.3) is 5.91 Å². The number of nitrogens with zero attached hydrogens (tertiary/aromatic N) is 2. The first kappa shape index (κ1) is 20.3. The first-order valence-electron chi connectivity index (χ1n) is 10.1. The number of carbonyl (C=O) groups excluding carboxylic acids is 3. The van der Waals surface area contributed by atoms with Gasteiger partial charge in [-0.3, -0.25) is 19.4 Å². The summed E-state index contributed by atoms with van der Waals surface area (Å²) in [6, 6.07) is 7.54. The van der Waals surface area contributed by atoms with Crippen molar-refractivity contribution in [1.29, 1.82) is 0 Å². The van der Waals surface area contributed by atoms with Gasteiger partial charge in [0, 0.05) is 13.1 Å². The van der Waals surface area contributed by atoms with Gasteiger partial charge in [0.1, 0.15) is 12.1 Å². The SMILES string of the molecule is CCN(CC)Cc1ccccc1CNC(=O)CN1C(=O)NC(C)(C2CC2)C1=O. The maximum atomic E-state index is 12.6. The quantitative estimate of drug-likeness (QED) is 0.635. The molecule has 1 aromatic carbocycles. The Balaban J connectivity index is 1.58. The lowest BCUT2D eigenvalue weighted by atomic mass is 9.96. The molecule has 1 saturated heterocycles. The monoisotopic (exact) mass is 386 g/mol. The molecule has 1 atom stereocenters. The summed E-state index contributed by atoms with van der Waals surface area (Å²) in [6.07, 6.45) is 1.87. The summed E-state index contributed by atoms with van der Waals surface area (Å²) < 4.78 is 0. The Hall–Kier alpha value is -2.41. The molecule has 1 aliphatic carbocycles. The van der Waals surface area contributed by atoms with E-state index in [-0.39, 0.29) is 24.3 Å². The first-order valence-corrected chi connectivity index (χ1v) is 10.1. The van der Waals surface area contributed by atoms with Crippen LogP contribution in [0.3, 0.4) is 0 Å². The van der Waals surface area contributed by atoms with E-state index in [0.717, 1.165) is 42.9 Å². The van der Waals surface area contributed by atoms with Gasteiger partial charge in [-0.2, -0.15) is 0 Å². The first-order chi connectivity index (χ1) is 13.4. The molecular weight excluding hydrogens is 356 g/mol. The lowest BCUT2D eigenvalue weighted by Crippen LogP contribution is -2.47. The number of imide groups is 1. The van der Waals surface area contributed by atoms with Gasteiger partial charge < -0.3 is 10.6 Å². The van der Waals surface area contributed by atoms with E-state index in [0.29, 0.717) is 6.54 Å². The highest BCUT2D eigenvalue weighted by molar-refractivity contribution is 6.09. The van der Waals surface area contributed by atoms with E-state index in [4.69, 9.17) is 0 Å². The second-order valence-electron chi connectivity index (χ2n) is 7.80. The lowest BCUT2D eigenvalue weighted by Gasteiger charge is -2.21. The van der Waals surface area contributed by atoms with Crippen molar-refractivity contribution >= 4 is 17.8 Å². The molecule has 1 heterocycles. The molecule has 28 heavy (non-hydrogen) atoms. The number of urea groups is 1. The number of amides is 4. The van der Waals surface area contributed by atoms with Gasteiger partial charge in [0.05, 0.1) is 0 Å². The Morgan fingerprint density at radius 1 is 1.21 bits per heavy atom. The van der Waals surface area contributed by atoms with Crippen LogP contribution in [-0.4, -0.2) is 52.8 Å². The van der Waals surface area contributed by atoms with Crippen LogP contribution in [0.25, 0.3) is 0 Å². The number of hydrogen-bond acceptors (Lipinski definition) is 4. The molecule has 1 unspecified atom stereocenters. The van der Waals surface area contributed by atoms with Crippen molar-refractivity contribution in [3.63, 3.8) is 0 Å². The standard InChI is InChI=1S/C21H30N4O3/c1-4-24(5-2)13-16-9-7-6-8-15(16)12-22-18(26)14-25-19(27)21(3,17-10-11-17)23-20(25)28/h6-9,17H,4-5,10-14H2,1-3H3,(H,22,26)(H,23,28). The van der Waals surface area contributed by atoms with Crippen molar-refractivity contribution in [2.75, 3.05) is 19.6 Å².